The van der Waals surface area contributed by atoms with Crippen LogP contribution in [0.2, 0.25) is 5.02 Å². The number of hydrogen-bond donors (Lipinski definition) is 0. The maximum Gasteiger partial charge on any atom is 0.254 e. The number of likely N-dealkylation sites (tertiary alicyclic amines) is 1. The Hall–Kier alpha value is -3.31. The molecule has 36 heavy (non-hydrogen) atoms. The molecule has 0 unspecified atom stereocenters. The predicted molar refractivity (Wildman–Crippen MR) is 143 cm³/mol. The first-order valence-corrected chi connectivity index (χ1v) is 12.7. The quantitative estimate of drug-likeness (QED) is 0.378. The number of piperidine rings is 1. The monoisotopic (exact) mass is 504 g/mol. The van der Waals surface area contributed by atoms with Gasteiger partial charge in [-0.05, 0) is 55.2 Å². The van der Waals surface area contributed by atoms with E-state index in [-0.39, 0.29) is 11.8 Å². The third kappa shape index (κ3) is 6.46. The molecule has 0 radical (unpaired) electrons. The second-order valence-electron chi connectivity index (χ2n) is 9.80. The fourth-order valence-electron chi connectivity index (χ4n) is 4.87. The van der Waals surface area contributed by atoms with Gasteiger partial charge in [0.15, 0.2) is 0 Å². The van der Waals surface area contributed by atoms with Gasteiger partial charge in [0.25, 0.3) is 5.91 Å². The number of rotatable bonds is 8. The molecule has 0 N–H and O–H groups in total. The van der Waals surface area contributed by atoms with E-state index in [9.17, 15) is 9.59 Å². The Kier molecular flexibility index (Phi) is 8.32. The van der Waals surface area contributed by atoms with E-state index < -0.39 is 5.41 Å². The summed E-state index contributed by atoms with van der Waals surface area (Å²) in [5.41, 5.74) is 2.24. The molecule has 0 spiro atoms. The summed E-state index contributed by atoms with van der Waals surface area (Å²) in [5.74, 6) is 0.707. The summed E-state index contributed by atoms with van der Waals surface area (Å²) >= 11 is 6.16. The van der Waals surface area contributed by atoms with E-state index in [1.165, 1.54) is 0 Å². The summed E-state index contributed by atoms with van der Waals surface area (Å²) in [6, 6.07) is 24.9. The number of nitrogens with zero attached hydrogens (tertiary/aromatic N) is 2. The minimum atomic E-state index is -0.499. The van der Waals surface area contributed by atoms with Gasteiger partial charge in [0.1, 0.15) is 5.75 Å². The Morgan fingerprint density at radius 1 is 1.03 bits per heavy atom. The van der Waals surface area contributed by atoms with Crippen LogP contribution in [0, 0.1) is 12.3 Å². The number of halogens is 1. The number of amides is 2. The van der Waals surface area contributed by atoms with Crippen LogP contribution in [-0.4, -0.2) is 48.4 Å². The van der Waals surface area contributed by atoms with Crippen molar-refractivity contribution in [2.75, 3.05) is 26.7 Å². The third-order valence-corrected chi connectivity index (χ3v) is 7.11. The van der Waals surface area contributed by atoms with Crippen molar-refractivity contribution in [2.24, 2.45) is 5.41 Å². The summed E-state index contributed by atoms with van der Waals surface area (Å²) in [6.07, 6.45) is 1.91. The van der Waals surface area contributed by atoms with Crippen molar-refractivity contribution < 1.29 is 14.3 Å². The highest BCUT2D eigenvalue weighted by atomic mass is 35.5. The summed E-state index contributed by atoms with van der Waals surface area (Å²) in [7, 11) is 1.83. The summed E-state index contributed by atoms with van der Waals surface area (Å²) in [6.45, 7) is 3.95. The Bertz CT molecular complexity index is 1200. The van der Waals surface area contributed by atoms with Crippen LogP contribution in [0.1, 0.15) is 40.7 Å². The van der Waals surface area contributed by atoms with E-state index >= 15 is 0 Å². The maximum atomic E-state index is 13.5. The van der Waals surface area contributed by atoms with Crippen LogP contribution in [0.4, 0.5) is 0 Å². The lowest BCUT2D eigenvalue weighted by atomic mass is 9.77. The number of ether oxygens (including phenoxy) is 1. The van der Waals surface area contributed by atoms with E-state index in [4.69, 9.17) is 16.3 Å². The van der Waals surface area contributed by atoms with Crippen molar-refractivity contribution in [1.29, 1.82) is 0 Å². The average Bonchev–Trinajstić information content (AvgIpc) is 2.88. The predicted octanol–water partition coefficient (Wildman–Crippen LogP) is 6.00. The van der Waals surface area contributed by atoms with E-state index in [1.807, 2.05) is 85.6 Å². The van der Waals surface area contributed by atoms with Crippen LogP contribution < -0.4 is 4.74 Å². The van der Waals surface area contributed by atoms with E-state index in [2.05, 4.69) is 0 Å². The first kappa shape index (κ1) is 25.8. The van der Waals surface area contributed by atoms with Gasteiger partial charge in [0.05, 0.1) is 6.61 Å². The van der Waals surface area contributed by atoms with Gasteiger partial charge < -0.3 is 14.5 Å². The fourth-order valence-corrected chi connectivity index (χ4v) is 5.05. The molecule has 0 saturated carbocycles. The van der Waals surface area contributed by atoms with Gasteiger partial charge in [0.2, 0.25) is 5.91 Å². The Morgan fingerprint density at radius 2 is 1.78 bits per heavy atom. The maximum absolute atomic E-state index is 13.5. The zero-order valence-corrected chi connectivity index (χ0v) is 21.7. The molecule has 1 saturated heterocycles. The lowest BCUT2D eigenvalue weighted by Gasteiger charge is -2.43. The van der Waals surface area contributed by atoms with Gasteiger partial charge >= 0.3 is 0 Å². The molecule has 3 aromatic rings. The molecule has 0 aromatic heterocycles. The molecule has 1 atom stereocenters. The van der Waals surface area contributed by atoms with Gasteiger partial charge in [-0.1, -0.05) is 66.2 Å². The number of benzene rings is 3. The lowest BCUT2D eigenvalue weighted by molar-refractivity contribution is -0.134. The normalized spacial score (nSPS) is 17.5. The molecule has 1 heterocycles. The average molecular weight is 505 g/mol. The first-order valence-electron chi connectivity index (χ1n) is 12.4. The summed E-state index contributed by atoms with van der Waals surface area (Å²) in [4.78, 5) is 30.5. The van der Waals surface area contributed by atoms with Crippen molar-refractivity contribution in [3.63, 3.8) is 0 Å². The fraction of sp³-hybridized carbons (Fsp3) is 0.333. The van der Waals surface area contributed by atoms with Gasteiger partial charge in [-0.2, -0.15) is 0 Å². The number of carbonyl (C=O) groups excluding carboxylic acids is 2. The minimum absolute atomic E-state index is 0.00465. The Balaban J connectivity index is 1.54. The van der Waals surface area contributed by atoms with Crippen molar-refractivity contribution in [3.8, 4) is 5.75 Å². The van der Waals surface area contributed by atoms with E-state index in [0.29, 0.717) is 49.0 Å². The molecule has 1 aliphatic heterocycles. The summed E-state index contributed by atoms with van der Waals surface area (Å²) in [5, 5.41) is 0.597. The van der Waals surface area contributed by atoms with Crippen LogP contribution in [0.3, 0.4) is 0 Å². The highest BCUT2D eigenvalue weighted by molar-refractivity contribution is 6.30. The van der Waals surface area contributed by atoms with Crippen molar-refractivity contribution in [3.05, 3.63) is 101 Å². The van der Waals surface area contributed by atoms with Crippen molar-refractivity contribution >= 4 is 23.4 Å². The highest BCUT2D eigenvalue weighted by Crippen LogP contribution is 2.36. The van der Waals surface area contributed by atoms with Gasteiger partial charge in [0, 0.05) is 49.1 Å². The van der Waals surface area contributed by atoms with Crippen LogP contribution in [0.25, 0.3) is 0 Å². The van der Waals surface area contributed by atoms with Crippen LogP contribution in [0.5, 0.6) is 5.75 Å². The highest BCUT2D eigenvalue weighted by Gasteiger charge is 2.41. The SMILES string of the molecule is Cc1ccccc1C(=O)N1CCC[C@@](COc2cccc(Cl)c2)(CC(=O)N(C)Cc2ccccc2)C1. The van der Waals surface area contributed by atoms with E-state index in [1.54, 1.807) is 17.0 Å². The molecular formula is C30H33ClN2O3. The molecule has 1 fully saturated rings. The number of hydrogen-bond acceptors (Lipinski definition) is 3. The van der Waals surface area contributed by atoms with Crippen LogP contribution in [0.15, 0.2) is 78.9 Å². The molecule has 4 rings (SSSR count). The smallest absolute Gasteiger partial charge is 0.254 e. The van der Waals surface area contributed by atoms with Gasteiger partial charge in [-0.3, -0.25) is 9.59 Å². The molecule has 6 heteroatoms. The second kappa shape index (κ2) is 11.6. The zero-order chi connectivity index (χ0) is 25.5. The lowest BCUT2D eigenvalue weighted by Crippen LogP contribution is -2.50. The third-order valence-electron chi connectivity index (χ3n) is 6.88. The van der Waals surface area contributed by atoms with Crippen molar-refractivity contribution in [1.82, 2.24) is 9.80 Å². The molecular weight excluding hydrogens is 472 g/mol. The molecule has 3 aromatic carbocycles. The van der Waals surface area contributed by atoms with Gasteiger partial charge in [-0.15, -0.1) is 0 Å². The molecule has 5 nitrogen and oxygen atoms in total. The standard InChI is InChI=1S/C30H33ClN2O3/c1-23-10-6-7-15-27(23)29(35)33-17-9-16-30(21-33,22-36-26-14-8-13-25(31)18-26)19-28(34)32(2)20-24-11-4-3-5-12-24/h3-8,10-15,18H,9,16-17,19-22H2,1-2H3/t30-/m1/s1. The molecule has 2 amide bonds. The van der Waals surface area contributed by atoms with Gasteiger partial charge in [-0.25, -0.2) is 0 Å². The Morgan fingerprint density at radius 3 is 2.53 bits per heavy atom. The largest absolute Gasteiger partial charge is 0.493 e. The van der Waals surface area contributed by atoms with E-state index in [0.717, 1.165) is 24.0 Å². The topological polar surface area (TPSA) is 49.9 Å². The molecule has 0 bridgehead atoms. The minimum Gasteiger partial charge on any atom is -0.493 e. The van der Waals surface area contributed by atoms with Crippen molar-refractivity contribution in [2.45, 2.75) is 32.7 Å². The molecule has 0 aliphatic carbocycles. The first-order chi connectivity index (χ1) is 17.3. The van der Waals surface area contributed by atoms with Crippen LogP contribution in [-0.2, 0) is 11.3 Å². The Labute approximate surface area is 218 Å². The number of carbonyl (C=O) groups is 2. The summed E-state index contributed by atoms with van der Waals surface area (Å²) < 4.78 is 6.19. The number of aryl methyl sites for hydroxylation is 1. The molecule has 188 valence electrons. The zero-order valence-electron chi connectivity index (χ0n) is 21.0. The van der Waals surface area contributed by atoms with Crippen LogP contribution >= 0.6 is 11.6 Å². The second-order valence-corrected chi connectivity index (χ2v) is 10.2. The molecule has 1 aliphatic rings.